The van der Waals surface area contributed by atoms with Crippen LogP contribution < -0.4 is 15.0 Å². The van der Waals surface area contributed by atoms with Crippen molar-refractivity contribution in [1.82, 2.24) is 14.7 Å². The van der Waals surface area contributed by atoms with Gasteiger partial charge in [-0.25, -0.2) is 0 Å². The average Bonchev–Trinajstić information content (AvgIpc) is 3.30. The maximum atomic E-state index is 13.6. The van der Waals surface area contributed by atoms with Crippen LogP contribution in [0.4, 0.5) is 17.1 Å². The molecule has 3 aromatic rings. The minimum Gasteiger partial charge on any atom is -0.497 e. The van der Waals surface area contributed by atoms with E-state index in [1.165, 1.54) is 4.90 Å². The summed E-state index contributed by atoms with van der Waals surface area (Å²) in [4.78, 5) is 40.6. The summed E-state index contributed by atoms with van der Waals surface area (Å²) in [5.74, 6) is -0.0630. The molecule has 0 spiro atoms. The number of carbonyl (C=O) groups excluding carboxylic acids is 2. The van der Waals surface area contributed by atoms with Crippen molar-refractivity contribution in [1.29, 1.82) is 0 Å². The zero-order valence-corrected chi connectivity index (χ0v) is 23.2. The molecule has 1 aromatic heterocycles. The van der Waals surface area contributed by atoms with Gasteiger partial charge in [-0.1, -0.05) is 17.7 Å². The fraction of sp³-hybridized carbons (Fsp3) is 0.308. The number of amides is 2. The SMILES string of the molecule is COc1ccc(N2C(=O)[C@H](CC(=O)Nc3cccc(Cl)c3)N(CCCn3nc(C)c([N+](=O)[O-])c3C)C2=S)cc1. The first-order chi connectivity index (χ1) is 18.6. The van der Waals surface area contributed by atoms with E-state index in [1.807, 2.05) is 0 Å². The summed E-state index contributed by atoms with van der Waals surface area (Å²) in [5.41, 5.74) is 1.86. The number of ether oxygens (including phenoxy) is 1. The van der Waals surface area contributed by atoms with Gasteiger partial charge < -0.3 is 15.0 Å². The van der Waals surface area contributed by atoms with Gasteiger partial charge in [0.25, 0.3) is 5.91 Å². The Bertz CT molecular complexity index is 1430. The Balaban J connectivity index is 1.54. The zero-order valence-electron chi connectivity index (χ0n) is 21.6. The number of nitro groups is 1. The third-order valence-corrected chi connectivity index (χ3v) is 7.08. The molecule has 4 rings (SSSR count). The van der Waals surface area contributed by atoms with Crippen LogP contribution >= 0.6 is 23.8 Å². The van der Waals surface area contributed by atoms with Gasteiger partial charge in [-0.3, -0.25) is 29.3 Å². The number of anilines is 2. The number of hydrogen-bond donors (Lipinski definition) is 1. The lowest BCUT2D eigenvalue weighted by Crippen LogP contribution is -2.38. The Hall–Kier alpha value is -4.03. The van der Waals surface area contributed by atoms with E-state index in [4.69, 9.17) is 28.6 Å². The van der Waals surface area contributed by atoms with Gasteiger partial charge in [0.1, 0.15) is 23.2 Å². The van der Waals surface area contributed by atoms with Crippen molar-refractivity contribution in [2.75, 3.05) is 23.9 Å². The third-order valence-electron chi connectivity index (χ3n) is 6.43. The molecule has 204 valence electrons. The molecule has 2 heterocycles. The number of halogens is 1. The van der Waals surface area contributed by atoms with E-state index in [0.29, 0.717) is 53.0 Å². The Kier molecular flexibility index (Phi) is 8.46. The lowest BCUT2D eigenvalue weighted by atomic mass is 10.1. The summed E-state index contributed by atoms with van der Waals surface area (Å²) in [6.45, 7) is 3.95. The van der Waals surface area contributed by atoms with Crippen LogP contribution in [0.1, 0.15) is 24.2 Å². The standard InChI is InChI=1S/C26H27ClN6O5S/c1-16-24(33(36)37)17(2)31(29-16)13-5-12-30-22(15-23(34)28-19-7-4-6-18(27)14-19)25(35)32(26(30)39)20-8-10-21(38-3)11-9-20/h4,6-11,14,22H,5,12-13,15H2,1-3H3,(H,28,34)/t22-/m0/s1. The molecule has 13 heteroatoms. The zero-order chi connectivity index (χ0) is 28.3. The fourth-order valence-corrected chi connectivity index (χ4v) is 5.17. The molecule has 1 aliphatic rings. The fourth-order valence-electron chi connectivity index (χ4n) is 4.57. The average molecular weight is 571 g/mol. The summed E-state index contributed by atoms with van der Waals surface area (Å²) < 4.78 is 6.80. The molecule has 2 aromatic carbocycles. The minimum absolute atomic E-state index is 0.0110. The Morgan fingerprint density at radius 1 is 1.21 bits per heavy atom. The number of thiocarbonyl (C=S) groups is 1. The summed E-state index contributed by atoms with van der Waals surface area (Å²) in [7, 11) is 1.55. The molecule has 0 radical (unpaired) electrons. The lowest BCUT2D eigenvalue weighted by molar-refractivity contribution is -0.386. The van der Waals surface area contributed by atoms with Gasteiger partial charge in [0, 0.05) is 23.8 Å². The van der Waals surface area contributed by atoms with E-state index in [0.717, 1.165) is 0 Å². The highest BCUT2D eigenvalue weighted by Gasteiger charge is 2.44. The Labute approximate surface area is 235 Å². The number of hydrogen-bond acceptors (Lipinski definition) is 7. The van der Waals surface area contributed by atoms with Gasteiger partial charge in [0.15, 0.2) is 5.11 Å². The molecule has 0 unspecified atom stereocenters. The molecule has 0 bridgehead atoms. The van der Waals surface area contributed by atoms with E-state index in [9.17, 15) is 19.7 Å². The van der Waals surface area contributed by atoms with Crippen molar-refractivity contribution in [2.24, 2.45) is 0 Å². The molecule has 1 fully saturated rings. The summed E-state index contributed by atoms with van der Waals surface area (Å²) in [6.07, 6.45) is 0.346. The van der Waals surface area contributed by atoms with E-state index in [-0.39, 0.29) is 29.0 Å². The van der Waals surface area contributed by atoms with Crippen LogP contribution in [0.25, 0.3) is 0 Å². The maximum Gasteiger partial charge on any atom is 0.312 e. The van der Waals surface area contributed by atoms with Gasteiger partial charge in [0.05, 0.1) is 24.1 Å². The highest BCUT2D eigenvalue weighted by atomic mass is 35.5. The first-order valence-electron chi connectivity index (χ1n) is 12.1. The van der Waals surface area contributed by atoms with E-state index in [1.54, 1.807) is 79.1 Å². The predicted molar refractivity (Wildman–Crippen MR) is 151 cm³/mol. The van der Waals surface area contributed by atoms with Gasteiger partial charge in [-0.15, -0.1) is 0 Å². The Morgan fingerprint density at radius 2 is 1.92 bits per heavy atom. The van der Waals surface area contributed by atoms with Crippen molar-refractivity contribution >= 4 is 57.8 Å². The lowest BCUT2D eigenvalue weighted by Gasteiger charge is -2.24. The van der Waals surface area contributed by atoms with Crippen molar-refractivity contribution in [3.05, 3.63) is 75.1 Å². The molecule has 1 N–H and O–H groups in total. The van der Waals surface area contributed by atoms with Crippen LogP contribution in [0.3, 0.4) is 0 Å². The molecule has 0 saturated carbocycles. The minimum atomic E-state index is -0.839. The first kappa shape index (κ1) is 28.0. The number of aromatic nitrogens is 2. The summed E-state index contributed by atoms with van der Waals surface area (Å²) >= 11 is 11.7. The number of methoxy groups -OCH3 is 1. The molecule has 11 nitrogen and oxygen atoms in total. The second-order valence-electron chi connectivity index (χ2n) is 8.98. The highest BCUT2D eigenvalue weighted by molar-refractivity contribution is 7.80. The number of rotatable bonds is 10. The van der Waals surface area contributed by atoms with Gasteiger partial charge in [-0.2, -0.15) is 5.10 Å². The van der Waals surface area contributed by atoms with Crippen molar-refractivity contribution < 1.29 is 19.2 Å². The monoisotopic (exact) mass is 570 g/mol. The summed E-state index contributed by atoms with van der Waals surface area (Å²) in [6, 6.07) is 12.8. The number of nitrogens with one attached hydrogen (secondary N) is 1. The third kappa shape index (κ3) is 6.02. The molecule has 1 aliphatic heterocycles. The molecule has 2 amide bonds. The van der Waals surface area contributed by atoms with Crippen molar-refractivity contribution in [2.45, 2.75) is 39.3 Å². The molecule has 1 saturated heterocycles. The number of benzene rings is 2. The molecular formula is C26H27ClN6O5S. The quantitative estimate of drug-likeness (QED) is 0.215. The molecule has 0 aliphatic carbocycles. The van der Waals surface area contributed by atoms with Gasteiger partial charge >= 0.3 is 5.69 Å². The summed E-state index contributed by atoms with van der Waals surface area (Å²) in [5, 5.41) is 19.2. The number of carbonyl (C=O) groups is 2. The van der Waals surface area contributed by atoms with E-state index < -0.39 is 11.0 Å². The van der Waals surface area contributed by atoms with Crippen LogP contribution in [-0.4, -0.2) is 56.2 Å². The number of nitrogens with zero attached hydrogens (tertiary/aromatic N) is 5. The predicted octanol–water partition coefficient (Wildman–Crippen LogP) is 4.49. The van der Waals surface area contributed by atoms with E-state index >= 15 is 0 Å². The normalized spacial score (nSPS) is 15.1. The van der Waals surface area contributed by atoms with Gasteiger partial charge in [-0.05, 0) is 75.0 Å². The van der Waals surface area contributed by atoms with Crippen LogP contribution in [-0.2, 0) is 16.1 Å². The van der Waals surface area contributed by atoms with Crippen LogP contribution in [0.5, 0.6) is 5.75 Å². The first-order valence-corrected chi connectivity index (χ1v) is 12.9. The van der Waals surface area contributed by atoms with Gasteiger partial charge in [0.2, 0.25) is 5.91 Å². The second-order valence-corrected chi connectivity index (χ2v) is 9.78. The van der Waals surface area contributed by atoms with E-state index in [2.05, 4.69) is 10.4 Å². The van der Waals surface area contributed by atoms with Crippen LogP contribution in [0, 0.1) is 24.0 Å². The topological polar surface area (TPSA) is 123 Å². The second kappa shape index (κ2) is 11.8. The Morgan fingerprint density at radius 3 is 2.54 bits per heavy atom. The molecule has 1 atom stereocenters. The smallest absolute Gasteiger partial charge is 0.312 e. The molecular weight excluding hydrogens is 544 g/mol. The van der Waals surface area contributed by atoms with Crippen LogP contribution in [0.2, 0.25) is 5.02 Å². The largest absolute Gasteiger partial charge is 0.497 e. The highest BCUT2D eigenvalue weighted by Crippen LogP contribution is 2.29. The molecule has 39 heavy (non-hydrogen) atoms. The number of aryl methyl sites for hydroxylation is 2. The van der Waals surface area contributed by atoms with Crippen LogP contribution in [0.15, 0.2) is 48.5 Å². The maximum absolute atomic E-state index is 13.6. The van der Waals surface area contributed by atoms with Crippen molar-refractivity contribution in [3.8, 4) is 5.75 Å². The van der Waals surface area contributed by atoms with Crippen molar-refractivity contribution in [3.63, 3.8) is 0 Å².